The lowest BCUT2D eigenvalue weighted by molar-refractivity contribution is -0.152. The molecule has 4 aliphatic rings. The number of benzene rings is 1. The van der Waals surface area contributed by atoms with Gasteiger partial charge in [-0.3, -0.25) is 14.3 Å². The van der Waals surface area contributed by atoms with Gasteiger partial charge in [-0.15, -0.1) is 0 Å². The maximum atomic E-state index is 14.3. The van der Waals surface area contributed by atoms with E-state index in [1.807, 2.05) is 26.8 Å². The molecular weight excluding hydrogens is 653 g/mol. The molecule has 14 nitrogen and oxygen atoms in total. The number of esters is 1. The second-order valence-corrected chi connectivity index (χ2v) is 15.4. The van der Waals surface area contributed by atoms with Crippen molar-refractivity contribution < 1.29 is 42.8 Å². The standard InChI is InChI=1S/C34H52N5O9P/c1-6-23(7-2)19-44-32(42)22(3)38-49(43,48-26-15-13-25(14-16-26)46-24-11-9-8-10-12-24)45-20-28-29(40)30(41)34(5,47-28)33(4)18-17-27-31(35)36-21-37-39(27)33/h13-17,21-24,28-30,40-41H,6-12,18-20H2,1-5H3,(H,38,43)(H2,35,36,37)/t22-,28+,29+,30+,33?,34+,49?/m0/s1. The van der Waals surface area contributed by atoms with E-state index in [0.29, 0.717) is 17.9 Å². The molecule has 2 fully saturated rings. The molecule has 1 saturated carbocycles. The summed E-state index contributed by atoms with van der Waals surface area (Å²) in [7, 11) is -4.32. The maximum Gasteiger partial charge on any atom is 0.459 e. The van der Waals surface area contributed by atoms with E-state index >= 15 is 0 Å². The van der Waals surface area contributed by atoms with Crippen molar-refractivity contribution in [2.45, 2.75) is 128 Å². The summed E-state index contributed by atoms with van der Waals surface area (Å²) in [4.78, 5) is 17.0. The predicted octanol–water partition coefficient (Wildman–Crippen LogP) is 4.40. The number of hydrogen-bond donors (Lipinski definition) is 4. The number of aliphatic hydroxyl groups is 2. The molecule has 3 heterocycles. The summed E-state index contributed by atoms with van der Waals surface area (Å²) in [6.07, 6.45) is 7.02. The molecule has 1 aliphatic carbocycles. The highest BCUT2D eigenvalue weighted by atomic mass is 31.2. The van der Waals surface area contributed by atoms with Gasteiger partial charge in [-0.25, -0.2) is 9.56 Å². The Morgan fingerprint density at radius 3 is 2.49 bits per heavy atom. The Hall–Kier alpha value is -3.00. The van der Waals surface area contributed by atoms with Crippen molar-refractivity contribution in [2.24, 2.45) is 21.7 Å². The normalized spacial score (nSPS) is 30.4. The molecule has 0 spiro atoms. The SMILES string of the molecule is CCC(CC)COC(=O)[C@H](C)NP(=O)(OC[C@H]1O[C@@](C)(C2(C)CC=C3C(N)=NC=NN32)[C@H](O)[C@@H]1O)Oc1ccc(OC2CCCCC2)cc1. The second kappa shape index (κ2) is 15.5. The van der Waals surface area contributed by atoms with Crippen LogP contribution >= 0.6 is 7.75 Å². The molecule has 0 radical (unpaired) electrons. The van der Waals surface area contributed by atoms with Gasteiger partial charge in [0.2, 0.25) is 0 Å². The van der Waals surface area contributed by atoms with Gasteiger partial charge in [0, 0.05) is 0 Å². The molecule has 7 atom stereocenters. The van der Waals surface area contributed by atoms with Crippen LogP contribution in [0.1, 0.15) is 86.0 Å². The number of ether oxygens (including phenoxy) is 3. The van der Waals surface area contributed by atoms with E-state index in [-0.39, 0.29) is 30.2 Å². The summed E-state index contributed by atoms with van der Waals surface area (Å²) in [5, 5.41) is 31.3. The van der Waals surface area contributed by atoms with Crippen LogP contribution in [0.3, 0.4) is 0 Å². The predicted molar refractivity (Wildman–Crippen MR) is 184 cm³/mol. The quantitative estimate of drug-likeness (QED) is 0.149. The zero-order valence-corrected chi connectivity index (χ0v) is 30.0. The summed E-state index contributed by atoms with van der Waals surface area (Å²) in [5.41, 5.74) is 4.33. The molecule has 1 aromatic carbocycles. The number of hydrazone groups is 1. The first-order chi connectivity index (χ1) is 23.3. The van der Waals surface area contributed by atoms with Crippen LogP contribution in [0.2, 0.25) is 0 Å². The van der Waals surface area contributed by atoms with Crippen molar-refractivity contribution in [3.63, 3.8) is 0 Å². The third-order valence-corrected chi connectivity index (χ3v) is 12.0. The molecule has 15 heteroatoms. The molecular formula is C34H52N5O9P. The summed E-state index contributed by atoms with van der Waals surface area (Å²) >= 11 is 0. The molecule has 1 aromatic rings. The molecule has 0 bridgehead atoms. The number of nitrogens with two attached hydrogens (primary N) is 1. The van der Waals surface area contributed by atoms with Crippen molar-refractivity contribution in [2.75, 3.05) is 13.2 Å². The van der Waals surface area contributed by atoms with E-state index in [1.54, 1.807) is 36.2 Å². The molecule has 3 aliphatic heterocycles. The van der Waals surface area contributed by atoms with Crippen LogP contribution in [0.4, 0.5) is 0 Å². The van der Waals surface area contributed by atoms with Crippen molar-refractivity contribution >= 4 is 25.9 Å². The number of fused-ring (bicyclic) bond motifs is 1. The minimum Gasteiger partial charge on any atom is -0.490 e. The molecule has 0 aromatic heterocycles. The number of nitrogens with one attached hydrogen (secondary N) is 1. The van der Waals surface area contributed by atoms with Gasteiger partial charge in [0.15, 0.2) is 5.84 Å². The Balaban J connectivity index is 1.30. The Morgan fingerprint density at radius 2 is 1.82 bits per heavy atom. The molecule has 5 rings (SSSR count). The zero-order valence-electron chi connectivity index (χ0n) is 29.1. The van der Waals surface area contributed by atoms with Crippen molar-refractivity contribution in [1.29, 1.82) is 0 Å². The minimum absolute atomic E-state index is 0.156. The first-order valence-corrected chi connectivity index (χ1v) is 18.9. The number of aliphatic imine (C=N–C) groups is 1. The minimum atomic E-state index is -4.32. The number of amidine groups is 1. The first kappa shape index (κ1) is 37.3. The van der Waals surface area contributed by atoms with E-state index < -0.39 is 55.8 Å². The third-order valence-electron chi connectivity index (χ3n) is 10.4. The molecule has 1 saturated heterocycles. The van der Waals surface area contributed by atoms with Gasteiger partial charge < -0.3 is 34.7 Å². The van der Waals surface area contributed by atoms with Crippen molar-refractivity contribution in [3.05, 3.63) is 36.0 Å². The van der Waals surface area contributed by atoms with Gasteiger partial charge in [-0.05, 0) is 83.1 Å². The lowest BCUT2D eigenvalue weighted by Crippen LogP contribution is -2.63. The van der Waals surface area contributed by atoms with Gasteiger partial charge in [-0.1, -0.05) is 39.2 Å². The molecule has 0 amide bonds. The second-order valence-electron chi connectivity index (χ2n) is 13.7. The number of nitrogens with zero attached hydrogens (tertiary/aromatic N) is 3. The van der Waals surface area contributed by atoms with Crippen LogP contribution in [0, 0.1) is 5.92 Å². The Kier molecular flexibility index (Phi) is 11.8. The summed E-state index contributed by atoms with van der Waals surface area (Å²) in [5.74, 6) is 0.750. The van der Waals surface area contributed by atoms with Gasteiger partial charge >= 0.3 is 13.7 Å². The van der Waals surface area contributed by atoms with Gasteiger partial charge in [-0.2, -0.15) is 10.2 Å². The van der Waals surface area contributed by atoms with Crippen LogP contribution in [0.25, 0.3) is 0 Å². The molecule has 2 unspecified atom stereocenters. The van der Waals surface area contributed by atoms with Crippen molar-refractivity contribution in [1.82, 2.24) is 10.1 Å². The summed E-state index contributed by atoms with van der Waals surface area (Å²) in [6.45, 7) is 8.88. The Bertz CT molecular complexity index is 1450. The zero-order chi connectivity index (χ0) is 35.4. The average molecular weight is 706 g/mol. The first-order valence-electron chi connectivity index (χ1n) is 17.4. The lowest BCUT2D eigenvalue weighted by atomic mass is 9.76. The van der Waals surface area contributed by atoms with Crippen LogP contribution < -0.4 is 20.1 Å². The fourth-order valence-electron chi connectivity index (χ4n) is 6.81. The molecule has 49 heavy (non-hydrogen) atoms. The lowest BCUT2D eigenvalue weighted by Gasteiger charge is -2.47. The largest absolute Gasteiger partial charge is 0.490 e. The van der Waals surface area contributed by atoms with E-state index in [9.17, 15) is 19.6 Å². The van der Waals surface area contributed by atoms with E-state index in [1.165, 1.54) is 19.7 Å². The van der Waals surface area contributed by atoms with Crippen LogP contribution in [0.5, 0.6) is 11.5 Å². The number of carbonyl (C=O) groups is 1. The smallest absolute Gasteiger partial charge is 0.459 e. The van der Waals surface area contributed by atoms with Gasteiger partial charge in [0.05, 0.1) is 30.6 Å². The number of rotatable bonds is 15. The van der Waals surface area contributed by atoms with Crippen LogP contribution in [-0.4, -0.2) is 88.2 Å². The van der Waals surface area contributed by atoms with E-state index in [2.05, 4.69) is 15.2 Å². The molecule has 5 N–H and O–H groups in total. The number of carbonyl (C=O) groups excluding carboxylic acids is 1. The van der Waals surface area contributed by atoms with E-state index in [4.69, 9.17) is 29.0 Å². The summed E-state index contributed by atoms with van der Waals surface area (Å²) in [6, 6.07) is 5.64. The summed E-state index contributed by atoms with van der Waals surface area (Å²) < 4.78 is 44.1. The topological polar surface area (TPSA) is 187 Å². The highest BCUT2D eigenvalue weighted by Crippen LogP contribution is 2.51. The fraction of sp³-hybridized carbons (Fsp3) is 0.676. The van der Waals surface area contributed by atoms with Crippen molar-refractivity contribution in [3.8, 4) is 11.5 Å². The van der Waals surface area contributed by atoms with Gasteiger partial charge in [0.25, 0.3) is 0 Å². The highest BCUT2D eigenvalue weighted by molar-refractivity contribution is 7.52. The third kappa shape index (κ3) is 8.00. The number of hydrogen-bond acceptors (Lipinski definition) is 13. The molecule has 272 valence electrons. The average Bonchev–Trinajstić information content (AvgIpc) is 3.57. The Labute approximate surface area is 288 Å². The monoisotopic (exact) mass is 705 g/mol. The van der Waals surface area contributed by atoms with Crippen LogP contribution in [-0.2, 0) is 23.4 Å². The maximum absolute atomic E-state index is 14.3. The Morgan fingerprint density at radius 1 is 1.14 bits per heavy atom. The highest BCUT2D eigenvalue weighted by Gasteiger charge is 2.64. The van der Waals surface area contributed by atoms with Crippen LogP contribution in [0.15, 0.2) is 46.1 Å². The number of aliphatic hydroxyl groups excluding tert-OH is 2. The van der Waals surface area contributed by atoms with E-state index in [0.717, 1.165) is 38.5 Å². The van der Waals surface area contributed by atoms with Gasteiger partial charge in [0.1, 0.15) is 47.8 Å². The fourth-order valence-corrected chi connectivity index (χ4v) is 8.31.